The number of halogens is 1. The third kappa shape index (κ3) is 3.87. The standard InChI is InChI=1S/C22H23FN2O2/c23-20-7-5-16(6-8-20)9-11-24-15-19(13-21(24)26)22(27)25-12-10-17-3-1-2-4-18(17)14-25/h1-8,19H,9-15H2/t19-/m1/s1. The van der Waals surface area contributed by atoms with Gasteiger partial charge in [0, 0.05) is 32.6 Å². The zero-order chi connectivity index (χ0) is 18.8. The summed E-state index contributed by atoms with van der Waals surface area (Å²) in [7, 11) is 0. The van der Waals surface area contributed by atoms with E-state index in [1.54, 1.807) is 17.0 Å². The first-order valence-electron chi connectivity index (χ1n) is 9.48. The number of nitrogens with zero attached hydrogens (tertiary/aromatic N) is 2. The molecule has 2 aromatic carbocycles. The van der Waals surface area contributed by atoms with E-state index in [-0.39, 0.29) is 23.5 Å². The van der Waals surface area contributed by atoms with Crippen molar-refractivity contribution in [3.8, 4) is 0 Å². The fraction of sp³-hybridized carbons (Fsp3) is 0.364. The average molecular weight is 366 g/mol. The first-order valence-corrected chi connectivity index (χ1v) is 9.48. The summed E-state index contributed by atoms with van der Waals surface area (Å²) in [5, 5.41) is 0. The van der Waals surface area contributed by atoms with Gasteiger partial charge in [0.1, 0.15) is 5.82 Å². The van der Waals surface area contributed by atoms with E-state index < -0.39 is 0 Å². The Labute approximate surface area is 158 Å². The van der Waals surface area contributed by atoms with E-state index in [2.05, 4.69) is 12.1 Å². The highest BCUT2D eigenvalue weighted by molar-refractivity contribution is 5.89. The van der Waals surface area contributed by atoms with E-state index in [0.29, 0.717) is 32.5 Å². The molecule has 0 aliphatic carbocycles. The van der Waals surface area contributed by atoms with Crippen LogP contribution in [0, 0.1) is 11.7 Å². The van der Waals surface area contributed by atoms with Gasteiger partial charge in [-0.3, -0.25) is 9.59 Å². The number of benzene rings is 2. The molecule has 0 N–H and O–H groups in total. The van der Waals surface area contributed by atoms with Crippen LogP contribution >= 0.6 is 0 Å². The molecule has 0 spiro atoms. The Bertz CT molecular complexity index is 850. The molecule has 4 rings (SSSR count). The maximum atomic E-state index is 13.0. The SMILES string of the molecule is O=C1C[C@@H](C(=O)N2CCc3ccccc3C2)CN1CCc1ccc(F)cc1. The molecule has 0 saturated carbocycles. The number of fused-ring (bicyclic) bond motifs is 1. The van der Waals surface area contributed by atoms with Crippen molar-refractivity contribution in [3.05, 3.63) is 71.0 Å². The van der Waals surface area contributed by atoms with Crippen LogP contribution in [0.15, 0.2) is 48.5 Å². The fourth-order valence-electron chi connectivity index (χ4n) is 4.01. The number of amides is 2. The zero-order valence-corrected chi connectivity index (χ0v) is 15.2. The monoisotopic (exact) mass is 366 g/mol. The number of hydrogen-bond acceptors (Lipinski definition) is 2. The predicted molar refractivity (Wildman–Crippen MR) is 100 cm³/mol. The van der Waals surface area contributed by atoms with E-state index in [9.17, 15) is 14.0 Å². The Balaban J connectivity index is 1.34. The molecule has 1 atom stereocenters. The van der Waals surface area contributed by atoms with Crippen LogP contribution in [-0.4, -0.2) is 41.2 Å². The van der Waals surface area contributed by atoms with Crippen LogP contribution in [0.1, 0.15) is 23.1 Å². The van der Waals surface area contributed by atoms with Gasteiger partial charge >= 0.3 is 0 Å². The predicted octanol–water partition coefficient (Wildman–Crippen LogP) is 2.80. The van der Waals surface area contributed by atoms with Gasteiger partial charge in [0.2, 0.25) is 11.8 Å². The summed E-state index contributed by atoms with van der Waals surface area (Å²) in [5.41, 5.74) is 3.51. The largest absolute Gasteiger partial charge is 0.342 e. The normalized spacial score (nSPS) is 19.3. The van der Waals surface area contributed by atoms with E-state index in [1.165, 1.54) is 23.3 Å². The van der Waals surface area contributed by atoms with Gasteiger partial charge < -0.3 is 9.80 Å². The third-order valence-electron chi connectivity index (χ3n) is 5.59. The lowest BCUT2D eigenvalue weighted by Crippen LogP contribution is -2.40. The lowest BCUT2D eigenvalue weighted by Gasteiger charge is -2.30. The number of hydrogen-bond donors (Lipinski definition) is 0. The molecule has 0 unspecified atom stereocenters. The minimum atomic E-state index is -0.259. The summed E-state index contributed by atoms with van der Waals surface area (Å²) >= 11 is 0. The maximum Gasteiger partial charge on any atom is 0.228 e. The molecule has 2 heterocycles. The number of likely N-dealkylation sites (tertiary alicyclic amines) is 1. The highest BCUT2D eigenvalue weighted by Crippen LogP contribution is 2.25. The quantitative estimate of drug-likeness (QED) is 0.835. The smallest absolute Gasteiger partial charge is 0.228 e. The Morgan fingerprint density at radius 1 is 1.07 bits per heavy atom. The molecule has 1 fully saturated rings. The Hall–Kier alpha value is -2.69. The molecule has 0 aromatic heterocycles. The highest BCUT2D eigenvalue weighted by atomic mass is 19.1. The molecule has 2 aliphatic heterocycles. The molecule has 2 amide bonds. The van der Waals surface area contributed by atoms with Crippen LogP contribution in [-0.2, 0) is 29.0 Å². The van der Waals surface area contributed by atoms with Crippen molar-refractivity contribution in [2.45, 2.75) is 25.8 Å². The fourth-order valence-corrected chi connectivity index (χ4v) is 4.01. The second kappa shape index (κ2) is 7.51. The van der Waals surface area contributed by atoms with Crippen LogP contribution in [0.5, 0.6) is 0 Å². The van der Waals surface area contributed by atoms with Gasteiger partial charge in [-0.25, -0.2) is 4.39 Å². The van der Waals surface area contributed by atoms with Crippen LogP contribution < -0.4 is 0 Å². The molecule has 4 nitrogen and oxygen atoms in total. The zero-order valence-electron chi connectivity index (χ0n) is 15.2. The minimum absolute atomic E-state index is 0.0351. The third-order valence-corrected chi connectivity index (χ3v) is 5.59. The van der Waals surface area contributed by atoms with Crippen LogP contribution in [0.4, 0.5) is 4.39 Å². The molecule has 0 radical (unpaired) electrons. The highest BCUT2D eigenvalue weighted by Gasteiger charge is 2.36. The van der Waals surface area contributed by atoms with E-state index in [1.807, 2.05) is 17.0 Å². The van der Waals surface area contributed by atoms with E-state index >= 15 is 0 Å². The van der Waals surface area contributed by atoms with E-state index in [4.69, 9.17) is 0 Å². The average Bonchev–Trinajstić information content (AvgIpc) is 3.07. The second-order valence-electron chi connectivity index (χ2n) is 7.40. The summed E-state index contributed by atoms with van der Waals surface area (Å²) in [6, 6.07) is 14.6. The Kier molecular flexibility index (Phi) is 4.92. The van der Waals surface area contributed by atoms with E-state index in [0.717, 1.165) is 18.5 Å². The van der Waals surface area contributed by atoms with Gasteiger partial charge in [0.05, 0.1) is 5.92 Å². The van der Waals surface area contributed by atoms with Crippen molar-refractivity contribution in [2.24, 2.45) is 5.92 Å². The van der Waals surface area contributed by atoms with Gasteiger partial charge in [0.15, 0.2) is 0 Å². The molecule has 140 valence electrons. The Morgan fingerprint density at radius 2 is 1.81 bits per heavy atom. The summed E-state index contributed by atoms with van der Waals surface area (Å²) < 4.78 is 13.0. The molecule has 0 bridgehead atoms. The summed E-state index contributed by atoms with van der Waals surface area (Å²) in [6.07, 6.45) is 1.83. The minimum Gasteiger partial charge on any atom is -0.342 e. The van der Waals surface area contributed by atoms with Crippen molar-refractivity contribution in [2.75, 3.05) is 19.6 Å². The van der Waals surface area contributed by atoms with Crippen molar-refractivity contribution in [1.82, 2.24) is 9.80 Å². The second-order valence-corrected chi connectivity index (χ2v) is 7.40. The molecular weight excluding hydrogens is 343 g/mol. The summed E-state index contributed by atoms with van der Waals surface area (Å²) in [5.74, 6) is -0.393. The molecule has 27 heavy (non-hydrogen) atoms. The molecule has 2 aliphatic rings. The molecule has 5 heteroatoms. The first-order chi connectivity index (χ1) is 13.1. The van der Waals surface area contributed by atoms with Gasteiger partial charge in [-0.1, -0.05) is 36.4 Å². The molecule has 2 aromatic rings. The summed E-state index contributed by atoms with van der Waals surface area (Å²) in [6.45, 7) is 2.40. The summed E-state index contributed by atoms with van der Waals surface area (Å²) in [4.78, 5) is 28.9. The van der Waals surface area contributed by atoms with Crippen molar-refractivity contribution < 1.29 is 14.0 Å². The lowest BCUT2D eigenvalue weighted by molar-refractivity contribution is -0.136. The van der Waals surface area contributed by atoms with Crippen LogP contribution in [0.25, 0.3) is 0 Å². The Morgan fingerprint density at radius 3 is 2.59 bits per heavy atom. The van der Waals surface area contributed by atoms with Crippen molar-refractivity contribution >= 4 is 11.8 Å². The van der Waals surface area contributed by atoms with Crippen LogP contribution in [0.3, 0.4) is 0 Å². The maximum absolute atomic E-state index is 13.0. The van der Waals surface area contributed by atoms with Gasteiger partial charge in [-0.15, -0.1) is 0 Å². The number of carbonyl (C=O) groups is 2. The number of carbonyl (C=O) groups excluding carboxylic acids is 2. The molecule has 1 saturated heterocycles. The van der Waals surface area contributed by atoms with Gasteiger partial charge in [-0.05, 0) is 41.7 Å². The number of rotatable bonds is 4. The van der Waals surface area contributed by atoms with Gasteiger partial charge in [-0.2, -0.15) is 0 Å². The first kappa shape index (κ1) is 17.7. The lowest BCUT2D eigenvalue weighted by atomic mass is 9.98. The molecular formula is C22H23FN2O2. The van der Waals surface area contributed by atoms with Gasteiger partial charge in [0.25, 0.3) is 0 Å². The topological polar surface area (TPSA) is 40.6 Å². The van der Waals surface area contributed by atoms with Crippen molar-refractivity contribution in [1.29, 1.82) is 0 Å². The van der Waals surface area contributed by atoms with Crippen molar-refractivity contribution in [3.63, 3.8) is 0 Å². The van der Waals surface area contributed by atoms with Crippen LogP contribution in [0.2, 0.25) is 0 Å².